The maximum absolute atomic E-state index is 9.19. The molecule has 0 saturated heterocycles. The fraction of sp³-hybridized carbons (Fsp3) is 0. The Kier molecular flexibility index (Phi) is 3.69. The van der Waals surface area contributed by atoms with Gasteiger partial charge in [0, 0.05) is 10.5 Å². The summed E-state index contributed by atoms with van der Waals surface area (Å²) in [5.41, 5.74) is 0.312. The highest BCUT2D eigenvalue weighted by Gasteiger charge is 2.16. The van der Waals surface area contributed by atoms with E-state index in [4.69, 9.17) is 16.3 Å². The molecule has 0 amide bonds. The predicted molar refractivity (Wildman–Crippen MR) is 67.8 cm³/mol. The van der Waals surface area contributed by atoms with Crippen molar-refractivity contribution in [1.29, 1.82) is 0 Å². The first kappa shape index (κ1) is 12.0. The zero-order valence-corrected chi connectivity index (χ0v) is 9.63. The van der Waals surface area contributed by atoms with E-state index in [1.165, 1.54) is 0 Å². The Bertz CT molecular complexity index is 517. The minimum absolute atomic E-state index is 0.312. The molecule has 0 radical (unpaired) electrons. The van der Waals surface area contributed by atoms with Crippen LogP contribution in [0.3, 0.4) is 0 Å². The van der Waals surface area contributed by atoms with E-state index in [2.05, 4.69) is 0 Å². The average molecular weight is 248 g/mol. The topological polar surface area (TPSA) is 49.7 Å². The Morgan fingerprint density at radius 1 is 1.00 bits per heavy atom. The lowest BCUT2D eigenvalue weighted by Crippen LogP contribution is -2.30. The van der Waals surface area contributed by atoms with Gasteiger partial charge in [0.1, 0.15) is 11.5 Å². The van der Waals surface area contributed by atoms with Gasteiger partial charge in [-0.1, -0.05) is 35.9 Å². The quantitative estimate of drug-likeness (QED) is 0.815. The molecule has 86 valence electrons. The van der Waals surface area contributed by atoms with E-state index in [9.17, 15) is 10.0 Å². The van der Waals surface area contributed by atoms with Gasteiger partial charge in [-0.15, -0.1) is 0 Å². The summed E-state index contributed by atoms with van der Waals surface area (Å²) in [5, 5.41) is 18.9. The summed E-state index contributed by atoms with van der Waals surface area (Å²) in [4.78, 5) is 0. The molecule has 0 unspecified atom stereocenters. The number of hydrogen-bond acceptors (Lipinski definition) is 3. The number of halogens is 1. The second-order valence-electron chi connectivity index (χ2n) is 3.47. The Balaban J connectivity index is 2.30. The van der Waals surface area contributed by atoms with Crippen molar-refractivity contribution in [1.82, 2.24) is 0 Å². The molecule has 2 N–H and O–H groups in total. The van der Waals surface area contributed by atoms with Crippen LogP contribution in [0.1, 0.15) is 0 Å². The molecule has 0 fully saturated rings. The molecule has 0 heterocycles. The van der Waals surface area contributed by atoms with Crippen LogP contribution in [0.15, 0.2) is 48.5 Å². The van der Waals surface area contributed by atoms with E-state index in [1.54, 1.807) is 48.5 Å². The standard InChI is InChI=1S/C12H10BClO3/c14-9-4-3-5-10(8-9)17-12-7-2-1-6-11(12)13(15)16/h1-8,15-16H. The van der Waals surface area contributed by atoms with Gasteiger partial charge in [-0.25, -0.2) is 0 Å². The molecule has 0 saturated carbocycles. The van der Waals surface area contributed by atoms with Crippen LogP contribution in [0.4, 0.5) is 0 Å². The van der Waals surface area contributed by atoms with Crippen molar-refractivity contribution in [3.05, 3.63) is 53.6 Å². The lowest BCUT2D eigenvalue weighted by atomic mass is 9.79. The van der Waals surface area contributed by atoms with E-state index >= 15 is 0 Å². The van der Waals surface area contributed by atoms with Crippen molar-refractivity contribution in [3.63, 3.8) is 0 Å². The molecule has 5 heteroatoms. The minimum Gasteiger partial charge on any atom is -0.458 e. The highest BCUT2D eigenvalue weighted by Crippen LogP contribution is 2.22. The number of rotatable bonds is 3. The van der Waals surface area contributed by atoms with Crippen LogP contribution in [-0.4, -0.2) is 17.2 Å². The molecular formula is C12H10BClO3. The number of para-hydroxylation sites is 1. The van der Waals surface area contributed by atoms with Crippen LogP contribution >= 0.6 is 11.6 Å². The zero-order chi connectivity index (χ0) is 12.3. The van der Waals surface area contributed by atoms with Crippen molar-refractivity contribution in [2.24, 2.45) is 0 Å². The summed E-state index contributed by atoms with van der Waals surface area (Å²) in [7, 11) is -1.56. The Labute approximate surface area is 104 Å². The highest BCUT2D eigenvalue weighted by atomic mass is 35.5. The first-order chi connectivity index (χ1) is 8.16. The number of ether oxygens (including phenoxy) is 1. The molecule has 0 aliphatic carbocycles. The molecule has 0 aliphatic heterocycles. The van der Waals surface area contributed by atoms with Crippen LogP contribution < -0.4 is 10.2 Å². The molecular weight excluding hydrogens is 238 g/mol. The summed E-state index contributed by atoms with van der Waals surface area (Å²) in [5.74, 6) is 0.940. The Morgan fingerprint density at radius 3 is 2.47 bits per heavy atom. The van der Waals surface area contributed by atoms with Gasteiger partial charge < -0.3 is 14.8 Å². The molecule has 17 heavy (non-hydrogen) atoms. The molecule has 2 aromatic carbocycles. The molecule has 0 aromatic heterocycles. The third-order valence-corrected chi connectivity index (χ3v) is 2.46. The third kappa shape index (κ3) is 3.00. The second kappa shape index (κ2) is 5.23. The maximum atomic E-state index is 9.19. The van der Waals surface area contributed by atoms with Crippen molar-refractivity contribution in [2.45, 2.75) is 0 Å². The highest BCUT2D eigenvalue weighted by molar-refractivity contribution is 6.59. The fourth-order valence-electron chi connectivity index (χ4n) is 1.44. The molecule has 0 atom stereocenters. The third-order valence-electron chi connectivity index (χ3n) is 2.22. The first-order valence-corrected chi connectivity index (χ1v) is 5.43. The minimum atomic E-state index is -1.56. The van der Waals surface area contributed by atoms with Gasteiger partial charge >= 0.3 is 7.12 Å². The summed E-state index contributed by atoms with van der Waals surface area (Å²) in [6.45, 7) is 0. The monoisotopic (exact) mass is 248 g/mol. The molecule has 0 aliphatic rings. The van der Waals surface area contributed by atoms with E-state index in [-0.39, 0.29) is 0 Å². The zero-order valence-electron chi connectivity index (χ0n) is 8.88. The van der Waals surface area contributed by atoms with Crippen LogP contribution in [0.5, 0.6) is 11.5 Å². The first-order valence-electron chi connectivity index (χ1n) is 5.05. The number of benzene rings is 2. The van der Waals surface area contributed by atoms with Gasteiger partial charge in [-0.05, 0) is 24.3 Å². The Morgan fingerprint density at radius 2 is 1.76 bits per heavy atom. The molecule has 0 bridgehead atoms. The maximum Gasteiger partial charge on any atom is 0.492 e. The summed E-state index contributed by atoms with van der Waals surface area (Å²) < 4.78 is 5.55. The van der Waals surface area contributed by atoms with Gasteiger partial charge in [0.15, 0.2) is 0 Å². The van der Waals surface area contributed by atoms with E-state index < -0.39 is 7.12 Å². The lowest BCUT2D eigenvalue weighted by Gasteiger charge is -2.10. The van der Waals surface area contributed by atoms with E-state index in [0.29, 0.717) is 22.0 Å². The van der Waals surface area contributed by atoms with Gasteiger partial charge in [0.25, 0.3) is 0 Å². The smallest absolute Gasteiger partial charge is 0.458 e. The van der Waals surface area contributed by atoms with Crippen LogP contribution in [0.25, 0.3) is 0 Å². The Hall–Kier alpha value is -1.49. The van der Waals surface area contributed by atoms with Crippen LogP contribution in [0.2, 0.25) is 5.02 Å². The van der Waals surface area contributed by atoms with Gasteiger partial charge in [-0.3, -0.25) is 0 Å². The molecule has 3 nitrogen and oxygen atoms in total. The summed E-state index contributed by atoms with van der Waals surface area (Å²) >= 11 is 5.83. The SMILES string of the molecule is OB(O)c1ccccc1Oc1cccc(Cl)c1. The van der Waals surface area contributed by atoms with E-state index in [0.717, 1.165) is 0 Å². The van der Waals surface area contributed by atoms with E-state index in [1.807, 2.05) is 0 Å². The second-order valence-corrected chi connectivity index (χ2v) is 3.91. The normalized spacial score (nSPS) is 10.1. The van der Waals surface area contributed by atoms with Crippen LogP contribution in [0, 0.1) is 0 Å². The predicted octanol–water partition coefficient (Wildman–Crippen LogP) is 1.81. The molecule has 2 aromatic rings. The summed E-state index contributed by atoms with van der Waals surface area (Å²) in [6, 6.07) is 13.6. The van der Waals surface area contributed by atoms with Crippen molar-refractivity contribution in [2.75, 3.05) is 0 Å². The summed E-state index contributed by atoms with van der Waals surface area (Å²) in [6.07, 6.45) is 0. The van der Waals surface area contributed by atoms with Crippen molar-refractivity contribution < 1.29 is 14.8 Å². The van der Waals surface area contributed by atoms with Gasteiger partial charge in [-0.2, -0.15) is 0 Å². The fourth-order valence-corrected chi connectivity index (χ4v) is 1.62. The molecule has 2 rings (SSSR count). The van der Waals surface area contributed by atoms with Gasteiger partial charge in [0.05, 0.1) is 0 Å². The van der Waals surface area contributed by atoms with Crippen molar-refractivity contribution in [3.8, 4) is 11.5 Å². The largest absolute Gasteiger partial charge is 0.492 e. The lowest BCUT2D eigenvalue weighted by molar-refractivity contribution is 0.420. The van der Waals surface area contributed by atoms with Gasteiger partial charge in [0.2, 0.25) is 0 Å². The average Bonchev–Trinajstić information content (AvgIpc) is 2.29. The number of hydrogen-bond donors (Lipinski definition) is 2. The van der Waals surface area contributed by atoms with Crippen molar-refractivity contribution >= 4 is 24.2 Å². The molecule has 0 spiro atoms. The van der Waals surface area contributed by atoms with Crippen LogP contribution in [-0.2, 0) is 0 Å².